The maximum Gasteiger partial charge on any atom is 0.306 e. The highest BCUT2D eigenvalue weighted by molar-refractivity contribution is 5.71. The SMILES string of the molecule is CCCCCCCCC/C=C\CCCCCCCCCC(=O)OC(COC(=O)CCCCCCCCCCCCCCC)COC(=O)CCCCCCCCCCCCCCCCCCCCCCCCCCCCCCCCCCCC. The summed E-state index contributed by atoms with van der Waals surface area (Å²) in [5.41, 5.74) is 0. The Kier molecular flexibility index (Phi) is 71.0. The van der Waals surface area contributed by atoms with Gasteiger partial charge in [0, 0.05) is 19.3 Å². The number of unbranched alkanes of at least 4 members (excludes halogenated alkanes) is 59. The van der Waals surface area contributed by atoms with Gasteiger partial charge in [-0.25, -0.2) is 0 Å². The van der Waals surface area contributed by atoms with Gasteiger partial charge in [0.1, 0.15) is 13.2 Å². The minimum absolute atomic E-state index is 0.0649. The molecule has 0 amide bonds. The van der Waals surface area contributed by atoms with E-state index in [0.717, 1.165) is 57.8 Å². The van der Waals surface area contributed by atoms with E-state index in [2.05, 4.69) is 32.9 Å². The Morgan fingerprint density at radius 2 is 0.398 bits per heavy atom. The van der Waals surface area contributed by atoms with Crippen molar-refractivity contribution in [3.8, 4) is 0 Å². The predicted molar refractivity (Wildman–Crippen MR) is 363 cm³/mol. The monoisotopic (exact) mass is 1170 g/mol. The molecule has 0 spiro atoms. The first-order chi connectivity index (χ1) is 41.0. The quantitative estimate of drug-likeness (QED) is 0.0261. The lowest BCUT2D eigenvalue weighted by molar-refractivity contribution is -0.167. The molecular formula is C77H148O6. The van der Waals surface area contributed by atoms with Crippen molar-refractivity contribution in [3.63, 3.8) is 0 Å². The highest BCUT2D eigenvalue weighted by Gasteiger charge is 2.20. The van der Waals surface area contributed by atoms with Gasteiger partial charge in [-0.3, -0.25) is 14.4 Å². The lowest BCUT2D eigenvalue weighted by Crippen LogP contribution is -2.30. The lowest BCUT2D eigenvalue weighted by Gasteiger charge is -2.18. The summed E-state index contributed by atoms with van der Waals surface area (Å²) < 4.78 is 17.0. The van der Waals surface area contributed by atoms with E-state index >= 15 is 0 Å². The summed E-state index contributed by atoms with van der Waals surface area (Å²) in [5.74, 6) is -0.834. The first kappa shape index (κ1) is 81.2. The molecule has 0 aliphatic heterocycles. The van der Waals surface area contributed by atoms with Gasteiger partial charge in [0.2, 0.25) is 0 Å². The number of hydrogen-bond acceptors (Lipinski definition) is 6. The second kappa shape index (κ2) is 72.6. The topological polar surface area (TPSA) is 78.9 Å². The molecule has 0 saturated carbocycles. The number of carbonyl (C=O) groups excluding carboxylic acids is 3. The van der Waals surface area contributed by atoms with Crippen LogP contribution in [0.1, 0.15) is 445 Å². The molecule has 6 heteroatoms. The molecule has 0 rings (SSSR count). The highest BCUT2D eigenvalue weighted by atomic mass is 16.6. The molecule has 0 N–H and O–H groups in total. The standard InChI is InChI=1S/C77H148O6/c1-4-7-10-13-16-19-22-25-27-29-31-32-33-34-35-36-37-38-39-40-41-42-43-44-45-46-48-49-52-55-58-61-64-67-70-76(79)82-73-74(72-81-75(78)69-66-63-60-57-54-51-24-21-18-15-12-9-6-3)83-77(80)71-68-65-62-59-56-53-50-47-30-28-26-23-20-17-14-11-8-5-2/h28,30,74H,4-27,29,31-73H2,1-3H3/b30-28-. The summed E-state index contributed by atoms with van der Waals surface area (Å²) >= 11 is 0. The van der Waals surface area contributed by atoms with Crippen LogP contribution in [-0.2, 0) is 28.6 Å². The minimum atomic E-state index is -0.769. The van der Waals surface area contributed by atoms with Crippen molar-refractivity contribution in [1.82, 2.24) is 0 Å². The third-order valence-electron chi connectivity index (χ3n) is 17.8. The van der Waals surface area contributed by atoms with E-state index in [-0.39, 0.29) is 31.1 Å². The van der Waals surface area contributed by atoms with Crippen molar-refractivity contribution in [2.24, 2.45) is 0 Å². The summed E-state index contributed by atoms with van der Waals surface area (Å²) in [7, 11) is 0. The van der Waals surface area contributed by atoms with E-state index in [9.17, 15) is 14.4 Å². The number of allylic oxidation sites excluding steroid dienone is 2. The summed E-state index contributed by atoms with van der Waals surface area (Å²) in [4.78, 5) is 38.4. The maximum absolute atomic E-state index is 12.9. The minimum Gasteiger partial charge on any atom is -0.462 e. The molecule has 0 heterocycles. The molecule has 1 atom stereocenters. The smallest absolute Gasteiger partial charge is 0.306 e. The second-order valence-corrected chi connectivity index (χ2v) is 26.3. The molecule has 0 saturated heterocycles. The van der Waals surface area contributed by atoms with E-state index in [1.54, 1.807) is 0 Å². The van der Waals surface area contributed by atoms with Crippen LogP contribution in [0, 0.1) is 0 Å². The second-order valence-electron chi connectivity index (χ2n) is 26.3. The maximum atomic E-state index is 12.9. The highest BCUT2D eigenvalue weighted by Crippen LogP contribution is 2.20. The fraction of sp³-hybridized carbons (Fsp3) is 0.935. The van der Waals surface area contributed by atoms with Crippen LogP contribution in [0.4, 0.5) is 0 Å². The fourth-order valence-electron chi connectivity index (χ4n) is 12.0. The molecule has 83 heavy (non-hydrogen) atoms. The van der Waals surface area contributed by atoms with Crippen LogP contribution < -0.4 is 0 Å². The van der Waals surface area contributed by atoms with Crippen molar-refractivity contribution >= 4 is 17.9 Å². The molecule has 0 aromatic heterocycles. The molecule has 0 aliphatic rings. The molecular weight excluding hydrogens is 1020 g/mol. The molecule has 0 bridgehead atoms. The van der Waals surface area contributed by atoms with E-state index in [1.807, 2.05) is 0 Å². The number of esters is 3. The average molecular weight is 1170 g/mol. The van der Waals surface area contributed by atoms with Gasteiger partial charge in [0.15, 0.2) is 6.10 Å². The normalized spacial score (nSPS) is 12.0. The Bertz CT molecular complexity index is 1300. The molecule has 0 fully saturated rings. The lowest BCUT2D eigenvalue weighted by atomic mass is 10.0. The number of ether oxygens (including phenoxy) is 3. The van der Waals surface area contributed by atoms with Crippen molar-refractivity contribution in [2.45, 2.75) is 451 Å². The fourth-order valence-corrected chi connectivity index (χ4v) is 12.0. The van der Waals surface area contributed by atoms with E-state index in [4.69, 9.17) is 14.2 Å². The van der Waals surface area contributed by atoms with Gasteiger partial charge in [0.05, 0.1) is 0 Å². The summed E-state index contributed by atoms with van der Waals surface area (Å²) in [6.07, 6.45) is 88.5. The Labute approximate surface area is 520 Å². The molecule has 0 radical (unpaired) electrons. The van der Waals surface area contributed by atoms with E-state index < -0.39 is 6.10 Å². The molecule has 492 valence electrons. The largest absolute Gasteiger partial charge is 0.462 e. The van der Waals surface area contributed by atoms with Gasteiger partial charge in [-0.05, 0) is 44.9 Å². The first-order valence-electron chi connectivity index (χ1n) is 38.2. The van der Waals surface area contributed by atoms with Crippen LogP contribution >= 0.6 is 0 Å². The summed E-state index contributed by atoms with van der Waals surface area (Å²) in [6, 6.07) is 0. The predicted octanol–water partition coefficient (Wildman–Crippen LogP) is 26.3. The molecule has 1 unspecified atom stereocenters. The third-order valence-corrected chi connectivity index (χ3v) is 17.8. The van der Waals surface area contributed by atoms with Gasteiger partial charge in [-0.15, -0.1) is 0 Å². The van der Waals surface area contributed by atoms with Crippen LogP contribution in [0.2, 0.25) is 0 Å². The summed E-state index contributed by atoms with van der Waals surface area (Å²) in [5, 5.41) is 0. The number of carbonyl (C=O) groups is 3. The molecule has 6 nitrogen and oxygen atoms in total. The Morgan fingerprint density at radius 1 is 0.229 bits per heavy atom. The van der Waals surface area contributed by atoms with Crippen LogP contribution in [-0.4, -0.2) is 37.2 Å². The van der Waals surface area contributed by atoms with Crippen LogP contribution in [0.25, 0.3) is 0 Å². The van der Waals surface area contributed by atoms with Gasteiger partial charge in [-0.2, -0.15) is 0 Å². The van der Waals surface area contributed by atoms with Gasteiger partial charge in [0.25, 0.3) is 0 Å². The Hall–Kier alpha value is -1.85. The zero-order valence-electron chi connectivity index (χ0n) is 56.8. The number of rotatable bonds is 72. The van der Waals surface area contributed by atoms with Gasteiger partial charge < -0.3 is 14.2 Å². The van der Waals surface area contributed by atoms with Gasteiger partial charge in [-0.1, -0.05) is 392 Å². The van der Waals surface area contributed by atoms with Crippen molar-refractivity contribution in [3.05, 3.63) is 12.2 Å². The van der Waals surface area contributed by atoms with Crippen LogP contribution in [0.15, 0.2) is 12.2 Å². The molecule has 0 aromatic rings. The van der Waals surface area contributed by atoms with Crippen molar-refractivity contribution < 1.29 is 28.6 Å². The van der Waals surface area contributed by atoms with Crippen LogP contribution in [0.3, 0.4) is 0 Å². The molecule has 0 aromatic carbocycles. The first-order valence-corrected chi connectivity index (χ1v) is 38.2. The number of hydrogen-bond donors (Lipinski definition) is 0. The summed E-state index contributed by atoms with van der Waals surface area (Å²) in [6.45, 7) is 6.73. The molecule has 0 aliphatic carbocycles. The third kappa shape index (κ3) is 70.8. The average Bonchev–Trinajstić information content (AvgIpc) is 3.49. The van der Waals surface area contributed by atoms with Gasteiger partial charge >= 0.3 is 17.9 Å². The zero-order valence-corrected chi connectivity index (χ0v) is 56.8. The zero-order chi connectivity index (χ0) is 59.9. The van der Waals surface area contributed by atoms with Crippen molar-refractivity contribution in [2.75, 3.05) is 13.2 Å². The van der Waals surface area contributed by atoms with Crippen LogP contribution in [0.5, 0.6) is 0 Å². The Morgan fingerprint density at radius 3 is 0.602 bits per heavy atom. The van der Waals surface area contributed by atoms with E-state index in [0.29, 0.717) is 19.3 Å². The van der Waals surface area contributed by atoms with E-state index in [1.165, 1.54) is 347 Å². The van der Waals surface area contributed by atoms with Crippen molar-refractivity contribution in [1.29, 1.82) is 0 Å². The Balaban J connectivity index is 4.06.